The van der Waals surface area contributed by atoms with E-state index >= 15 is 0 Å². The van der Waals surface area contributed by atoms with Gasteiger partial charge in [-0.25, -0.2) is 0 Å². The quantitative estimate of drug-likeness (QED) is 0.809. The number of hydrogen-bond acceptors (Lipinski definition) is 3. The Morgan fingerprint density at radius 1 is 1.47 bits per heavy atom. The van der Waals surface area contributed by atoms with Gasteiger partial charge in [-0.15, -0.1) is 11.3 Å². The first-order chi connectivity index (χ1) is 7.97. The number of hydrogen-bond donors (Lipinski definition) is 0. The van der Waals surface area contributed by atoms with Crippen molar-refractivity contribution in [3.63, 3.8) is 0 Å². The van der Waals surface area contributed by atoms with Crippen LogP contribution in [0.15, 0.2) is 12.1 Å². The van der Waals surface area contributed by atoms with Crippen LogP contribution in [-0.4, -0.2) is 30.6 Å². The third kappa shape index (κ3) is 3.54. The molecule has 0 bridgehead atoms. The highest BCUT2D eigenvalue weighted by atomic mass is 32.1. The van der Waals surface area contributed by atoms with E-state index in [2.05, 4.69) is 19.1 Å². The van der Waals surface area contributed by atoms with Crippen LogP contribution < -0.4 is 0 Å². The van der Waals surface area contributed by atoms with Crippen molar-refractivity contribution in [2.24, 2.45) is 0 Å². The van der Waals surface area contributed by atoms with Gasteiger partial charge in [-0.2, -0.15) is 0 Å². The monoisotopic (exact) mass is 255 g/mol. The second kappa shape index (κ2) is 6.17. The van der Waals surface area contributed by atoms with E-state index < -0.39 is 0 Å². The fourth-order valence-corrected chi connectivity index (χ4v) is 2.64. The molecule has 1 heterocycles. The molecule has 4 heteroatoms. The minimum Gasteiger partial charge on any atom is -0.369 e. The maximum Gasteiger partial charge on any atom is 0.251 e. The van der Waals surface area contributed by atoms with Crippen molar-refractivity contribution < 1.29 is 9.53 Å². The summed E-state index contributed by atoms with van der Waals surface area (Å²) in [6.07, 6.45) is -0.367. The number of carbonyl (C=O) groups excluding carboxylic acids is 1. The lowest BCUT2D eigenvalue weighted by Gasteiger charge is -2.26. The van der Waals surface area contributed by atoms with Crippen LogP contribution in [0.3, 0.4) is 0 Å². The Balaban J connectivity index is 2.69. The molecular formula is C13H21NO2S. The molecule has 0 saturated heterocycles. The molecule has 0 saturated carbocycles. The predicted molar refractivity (Wildman–Crippen MR) is 71.3 cm³/mol. The van der Waals surface area contributed by atoms with E-state index in [-0.39, 0.29) is 18.1 Å². The van der Waals surface area contributed by atoms with Gasteiger partial charge < -0.3 is 9.64 Å². The smallest absolute Gasteiger partial charge is 0.251 e. The molecule has 0 aliphatic rings. The summed E-state index contributed by atoms with van der Waals surface area (Å²) in [5, 5.41) is 0. The zero-order chi connectivity index (χ0) is 13.0. The molecule has 1 rings (SSSR count). The first-order valence-corrected chi connectivity index (χ1v) is 6.73. The van der Waals surface area contributed by atoms with Gasteiger partial charge in [0.25, 0.3) is 5.91 Å². The Morgan fingerprint density at radius 2 is 2.12 bits per heavy atom. The van der Waals surface area contributed by atoms with Crippen molar-refractivity contribution in [1.82, 2.24) is 4.90 Å². The SMILES string of the molecule is CCO[C@H](C)C(=O)N(C)[C@@H](C)c1ccc(C)s1. The first-order valence-electron chi connectivity index (χ1n) is 5.92. The summed E-state index contributed by atoms with van der Waals surface area (Å²) in [5.41, 5.74) is 0. The number of amides is 1. The average molecular weight is 255 g/mol. The van der Waals surface area contributed by atoms with Gasteiger partial charge in [-0.05, 0) is 39.8 Å². The molecule has 17 heavy (non-hydrogen) atoms. The molecule has 2 atom stereocenters. The van der Waals surface area contributed by atoms with Crippen LogP contribution in [-0.2, 0) is 9.53 Å². The maximum atomic E-state index is 12.1. The molecule has 96 valence electrons. The summed E-state index contributed by atoms with van der Waals surface area (Å²) in [5.74, 6) is 0.0328. The number of likely N-dealkylation sites (N-methyl/N-ethyl adjacent to an activating group) is 1. The number of ether oxygens (including phenoxy) is 1. The number of rotatable bonds is 5. The summed E-state index contributed by atoms with van der Waals surface area (Å²) in [6, 6.07) is 4.27. The summed E-state index contributed by atoms with van der Waals surface area (Å²) >= 11 is 1.73. The lowest BCUT2D eigenvalue weighted by atomic mass is 10.2. The van der Waals surface area contributed by atoms with Crippen LogP contribution in [0.2, 0.25) is 0 Å². The fourth-order valence-electron chi connectivity index (χ4n) is 1.67. The van der Waals surface area contributed by atoms with E-state index in [9.17, 15) is 4.79 Å². The van der Waals surface area contributed by atoms with Crippen LogP contribution in [0.4, 0.5) is 0 Å². The van der Waals surface area contributed by atoms with Gasteiger partial charge in [0.1, 0.15) is 6.10 Å². The molecule has 0 unspecified atom stereocenters. The summed E-state index contributed by atoms with van der Waals surface area (Å²) < 4.78 is 5.33. The highest BCUT2D eigenvalue weighted by molar-refractivity contribution is 7.12. The Labute approximate surface area is 107 Å². The van der Waals surface area contributed by atoms with Crippen molar-refractivity contribution in [3.8, 4) is 0 Å². The molecule has 0 aromatic carbocycles. The molecular weight excluding hydrogens is 234 g/mol. The zero-order valence-corrected chi connectivity index (χ0v) is 12.0. The Bertz CT molecular complexity index is 375. The maximum absolute atomic E-state index is 12.1. The van der Waals surface area contributed by atoms with E-state index in [0.29, 0.717) is 6.61 Å². The van der Waals surface area contributed by atoms with Crippen molar-refractivity contribution in [3.05, 3.63) is 21.9 Å². The van der Waals surface area contributed by atoms with Crippen molar-refractivity contribution in [2.45, 2.75) is 39.8 Å². The summed E-state index contributed by atoms with van der Waals surface area (Å²) in [7, 11) is 1.83. The van der Waals surface area contributed by atoms with E-state index in [1.807, 2.05) is 20.9 Å². The molecule has 0 spiro atoms. The fraction of sp³-hybridized carbons (Fsp3) is 0.615. The molecule has 1 aromatic heterocycles. The van der Waals surface area contributed by atoms with Crippen LogP contribution in [0, 0.1) is 6.92 Å². The highest BCUT2D eigenvalue weighted by Gasteiger charge is 2.23. The van der Waals surface area contributed by atoms with E-state index in [0.717, 1.165) is 0 Å². The normalized spacial score (nSPS) is 14.4. The molecule has 3 nitrogen and oxygen atoms in total. The summed E-state index contributed by atoms with van der Waals surface area (Å²) in [4.78, 5) is 16.3. The number of carbonyl (C=O) groups is 1. The molecule has 0 fully saturated rings. The minimum absolute atomic E-state index is 0.0328. The van der Waals surface area contributed by atoms with Gasteiger partial charge in [-0.1, -0.05) is 0 Å². The number of aryl methyl sites for hydroxylation is 1. The van der Waals surface area contributed by atoms with Crippen LogP contribution in [0.25, 0.3) is 0 Å². The minimum atomic E-state index is -0.367. The topological polar surface area (TPSA) is 29.5 Å². The van der Waals surface area contributed by atoms with E-state index in [1.165, 1.54) is 9.75 Å². The van der Waals surface area contributed by atoms with Gasteiger partial charge in [0.15, 0.2) is 0 Å². The lowest BCUT2D eigenvalue weighted by Crippen LogP contribution is -2.37. The number of nitrogens with zero attached hydrogens (tertiary/aromatic N) is 1. The van der Waals surface area contributed by atoms with Crippen molar-refractivity contribution >= 4 is 17.2 Å². The molecule has 0 N–H and O–H groups in total. The molecule has 1 aromatic rings. The molecule has 0 aliphatic carbocycles. The lowest BCUT2D eigenvalue weighted by molar-refractivity contribution is -0.142. The Hall–Kier alpha value is -0.870. The van der Waals surface area contributed by atoms with Crippen molar-refractivity contribution in [2.75, 3.05) is 13.7 Å². The van der Waals surface area contributed by atoms with Gasteiger partial charge in [-0.3, -0.25) is 4.79 Å². The van der Waals surface area contributed by atoms with Crippen LogP contribution in [0.5, 0.6) is 0 Å². The highest BCUT2D eigenvalue weighted by Crippen LogP contribution is 2.26. The van der Waals surface area contributed by atoms with Crippen LogP contribution in [0.1, 0.15) is 36.6 Å². The first kappa shape index (κ1) is 14.2. The largest absolute Gasteiger partial charge is 0.369 e. The standard InChI is InChI=1S/C13H21NO2S/c1-6-16-11(4)13(15)14(5)10(3)12-8-7-9(2)17-12/h7-8,10-11H,6H2,1-5H3/t10-,11+/m0/s1. The second-order valence-electron chi connectivity index (χ2n) is 4.17. The predicted octanol–water partition coefficient (Wildman–Crippen LogP) is 3.00. The molecule has 1 amide bonds. The third-order valence-electron chi connectivity index (χ3n) is 2.87. The number of thiophene rings is 1. The van der Waals surface area contributed by atoms with Gasteiger partial charge in [0, 0.05) is 23.4 Å². The Morgan fingerprint density at radius 3 is 2.59 bits per heavy atom. The average Bonchev–Trinajstić information content (AvgIpc) is 2.73. The zero-order valence-electron chi connectivity index (χ0n) is 11.2. The van der Waals surface area contributed by atoms with Gasteiger partial charge in [0.2, 0.25) is 0 Å². The Kier molecular flexibility index (Phi) is 5.15. The van der Waals surface area contributed by atoms with Crippen molar-refractivity contribution in [1.29, 1.82) is 0 Å². The summed E-state index contributed by atoms with van der Waals surface area (Å²) in [6.45, 7) is 8.38. The molecule has 0 aliphatic heterocycles. The van der Waals surface area contributed by atoms with E-state index in [4.69, 9.17) is 4.74 Å². The van der Waals surface area contributed by atoms with Gasteiger partial charge >= 0.3 is 0 Å². The van der Waals surface area contributed by atoms with E-state index in [1.54, 1.807) is 23.2 Å². The van der Waals surface area contributed by atoms with Gasteiger partial charge in [0.05, 0.1) is 6.04 Å². The molecule has 0 radical (unpaired) electrons. The van der Waals surface area contributed by atoms with Crippen LogP contribution >= 0.6 is 11.3 Å². The third-order valence-corrected chi connectivity index (χ3v) is 4.04. The second-order valence-corrected chi connectivity index (χ2v) is 5.49.